The molecule has 2 aromatic heterocycles. The van der Waals surface area contributed by atoms with Crippen LogP contribution in [0.4, 0.5) is 23.7 Å². The fourth-order valence-corrected chi connectivity index (χ4v) is 1.97. The molecule has 1 atom stereocenters. The number of aromatic nitrogens is 3. The van der Waals surface area contributed by atoms with Crippen molar-refractivity contribution < 1.29 is 18.0 Å². The highest BCUT2D eigenvalue weighted by Gasteiger charge is 2.31. The largest absolute Gasteiger partial charge is 0.417 e. The van der Waals surface area contributed by atoms with Gasteiger partial charge in [0.1, 0.15) is 5.69 Å². The summed E-state index contributed by atoms with van der Waals surface area (Å²) < 4.78 is 39.5. The number of alkyl halides is 3. The first-order valence-electron chi connectivity index (χ1n) is 7.08. The molecule has 3 N–H and O–H groups in total. The minimum Gasteiger partial charge on any atom is -0.338 e. The summed E-state index contributed by atoms with van der Waals surface area (Å²) in [7, 11) is 0. The number of H-pyrrole nitrogens is 1. The monoisotopic (exact) mass is 343 g/mol. The number of urea groups is 1. The fourth-order valence-electron chi connectivity index (χ4n) is 1.97. The molecule has 2 aromatic rings. The summed E-state index contributed by atoms with van der Waals surface area (Å²) in [5.41, 5.74) is -2.34. The average Bonchev–Trinajstić information content (AvgIpc) is 2.99. The van der Waals surface area contributed by atoms with Crippen LogP contribution in [0.3, 0.4) is 0 Å². The summed E-state index contributed by atoms with van der Waals surface area (Å²) >= 11 is 0. The molecule has 0 aliphatic rings. The molecule has 0 aliphatic heterocycles. The molecule has 0 saturated carbocycles. The van der Waals surface area contributed by atoms with Gasteiger partial charge in [0.15, 0.2) is 0 Å². The summed E-state index contributed by atoms with van der Waals surface area (Å²) in [6.07, 6.45) is -0.654. The molecule has 2 rings (SSSR count). The van der Waals surface area contributed by atoms with Gasteiger partial charge in [-0.2, -0.15) is 18.3 Å². The van der Waals surface area contributed by atoms with Crippen molar-refractivity contribution in [3.05, 3.63) is 46.6 Å². The van der Waals surface area contributed by atoms with Gasteiger partial charge in [0.05, 0.1) is 5.56 Å². The Balaban J connectivity index is 1.91. The molecule has 24 heavy (non-hydrogen) atoms. The molecular formula is C14H16F3N5O2. The van der Waals surface area contributed by atoms with E-state index in [2.05, 4.69) is 15.7 Å². The number of rotatable bonds is 5. The van der Waals surface area contributed by atoms with Crippen molar-refractivity contribution in [3.63, 3.8) is 0 Å². The number of nitrogens with one attached hydrogen (secondary N) is 3. The van der Waals surface area contributed by atoms with Crippen LogP contribution in [0.1, 0.15) is 12.5 Å². The molecule has 0 bridgehead atoms. The molecule has 7 nitrogen and oxygen atoms in total. The summed E-state index contributed by atoms with van der Waals surface area (Å²) in [4.78, 5) is 25.2. The van der Waals surface area contributed by atoms with Gasteiger partial charge in [-0.3, -0.25) is 9.48 Å². The lowest BCUT2D eigenvalue weighted by Gasteiger charge is -2.14. The summed E-state index contributed by atoms with van der Waals surface area (Å²) in [6.45, 7) is 2.71. The molecule has 0 saturated heterocycles. The molecule has 2 amide bonds. The normalized spacial score (nSPS) is 12.7. The van der Waals surface area contributed by atoms with Gasteiger partial charge >= 0.3 is 12.2 Å². The standard InChI is InChI=1S/C14H16F3N5O2/c1-9(8-22-4-2-3-20-22)6-19-13(24)21-11-5-10(14(15,16)17)7-18-12(11)23/h2-5,7,9H,6,8H2,1H3,(H,18,23)(H2,19,21,24)/t9-/m1/s1. The number of halogens is 3. The zero-order valence-corrected chi connectivity index (χ0v) is 12.7. The second kappa shape index (κ2) is 7.20. The van der Waals surface area contributed by atoms with Crippen LogP contribution in [0.5, 0.6) is 0 Å². The van der Waals surface area contributed by atoms with E-state index in [9.17, 15) is 22.8 Å². The molecule has 10 heteroatoms. The molecule has 0 aliphatic carbocycles. The van der Waals surface area contributed by atoms with Crippen LogP contribution >= 0.6 is 0 Å². The number of nitrogens with zero attached hydrogens (tertiary/aromatic N) is 2. The Kier molecular flexibility index (Phi) is 5.27. The Morgan fingerprint density at radius 1 is 1.46 bits per heavy atom. The maximum absolute atomic E-state index is 12.6. The van der Waals surface area contributed by atoms with Crippen molar-refractivity contribution in [2.45, 2.75) is 19.6 Å². The van der Waals surface area contributed by atoms with Crippen LogP contribution < -0.4 is 16.2 Å². The van der Waals surface area contributed by atoms with E-state index in [0.717, 1.165) is 0 Å². The number of anilines is 1. The van der Waals surface area contributed by atoms with Crippen LogP contribution in [0.25, 0.3) is 0 Å². The molecule has 130 valence electrons. The number of pyridine rings is 1. The number of carbonyl (C=O) groups excluding carboxylic acids is 1. The number of carbonyl (C=O) groups is 1. The van der Waals surface area contributed by atoms with Gasteiger partial charge in [-0.15, -0.1) is 0 Å². The predicted octanol–water partition coefficient (Wildman–Crippen LogP) is 2.05. The van der Waals surface area contributed by atoms with Crippen LogP contribution in [0.15, 0.2) is 35.5 Å². The van der Waals surface area contributed by atoms with Crippen molar-refractivity contribution in [2.24, 2.45) is 5.92 Å². The van der Waals surface area contributed by atoms with Crippen molar-refractivity contribution in [1.82, 2.24) is 20.1 Å². The Morgan fingerprint density at radius 2 is 2.21 bits per heavy atom. The van der Waals surface area contributed by atoms with E-state index in [-0.39, 0.29) is 12.5 Å². The van der Waals surface area contributed by atoms with Crippen molar-refractivity contribution in [1.29, 1.82) is 0 Å². The summed E-state index contributed by atoms with van der Waals surface area (Å²) in [5, 5.41) is 8.66. The molecular weight excluding hydrogens is 327 g/mol. The van der Waals surface area contributed by atoms with Gasteiger partial charge in [-0.05, 0) is 18.1 Å². The van der Waals surface area contributed by atoms with Crippen molar-refractivity contribution in [3.8, 4) is 0 Å². The quantitative estimate of drug-likeness (QED) is 0.776. The first kappa shape index (κ1) is 17.6. The van der Waals surface area contributed by atoms with Gasteiger partial charge in [-0.25, -0.2) is 4.79 Å². The number of hydrogen-bond acceptors (Lipinski definition) is 3. The van der Waals surface area contributed by atoms with Gasteiger partial charge < -0.3 is 15.6 Å². The molecule has 2 heterocycles. The molecule has 0 radical (unpaired) electrons. The number of aromatic amines is 1. The van der Waals surface area contributed by atoms with E-state index in [1.807, 2.05) is 11.9 Å². The summed E-state index contributed by atoms with van der Waals surface area (Å²) in [5.74, 6) is 0.0374. The van der Waals surface area contributed by atoms with E-state index >= 15 is 0 Å². The Hall–Kier alpha value is -2.78. The lowest BCUT2D eigenvalue weighted by Crippen LogP contribution is -2.35. The minimum absolute atomic E-state index is 0.0374. The maximum atomic E-state index is 12.6. The zero-order valence-electron chi connectivity index (χ0n) is 12.7. The second-order valence-electron chi connectivity index (χ2n) is 5.30. The van der Waals surface area contributed by atoms with Crippen LogP contribution in [-0.2, 0) is 12.7 Å². The Bertz CT molecular complexity index is 740. The minimum atomic E-state index is -4.62. The van der Waals surface area contributed by atoms with E-state index < -0.39 is 29.0 Å². The van der Waals surface area contributed by atoms with Crippen LogP contribution in [0.2, 0.25) is 0 Å². The maximum Gasteiger partial charge on any atom is 0.417 e. The topological polar surface area (TPSA) is 91.8 Å². The third-order valence-electron chi connectivity index (χ3n) is 3.15. The second-order valence-corrected chi connectivity index (χ2v) is 5.30. The highest BCUT2D eigenvalue weighted by molar-refractivity contribution is 5.89. The first-order chi connectivity index (χ1) is 11.3. The fraction of sp³-hybridized carbons (Fsp3) is 0.357. The molecule has 0 unspecified atom stereocenters. The molecule has 0 aromatic carbocycles. The van der Waals surface area contributed by atoms with Crippen LogP contribution in [-0.4, -0.2) is 27.3 Å². The van der Waals surface area contributed by atoms with Crippen LogP contribution in [0, 0.1) is 5.92 Å². The summed E-state index contributed by atoms with van der Waals surface area (Å²) in [6, 6.07) is 1.60. The van der Waals surface area contributed by atoms with E-state index in [1.165, 1.54) is 0 Å². The SMILES string of the molecule is C[C@H](CNC(=O)Nc1cc(C(F)(F)F)c[nH]c1=O)Cn1cccn1. The predicted molar refractivity (Wildman–Crippen MR) is 80.5 cm³/mol. The Labute approximate surface area is 134 Å². The highest BCUT2D eigenvalue weighted by Crippen LogP contribution is 2.29. The van der Waals surface area contributed by atoms with E-state index in [4.69, 9.17) is 0 Å². The van der Waals surface area contributed by atoms with Crippen molar-refractivity contribution >= 4 is 11.7 Å². The smallest absolute Gasteiger partial charge is 0.338 e. The Morgan fingerprint density at radius 3 is 2.83 bits per heavy atom. The highest BCUT2D eigenvalue weighted by atomic mass is 19.4. The van der Waals surface area contributed by atoms with Crippen molar-refractivity contribution in [2.75, 3.05) is 11.9 Å². The third kappa shape index (κ3) is 4.86. The number of hydrogen-bond donors (Lipinski definition) is 3. The number of amides is 2. The zero-order chi connectivity index (χ0) is 17.7. The van der Waals surface area contributed by atoms with E-state index in [0.29, 0.717) is 18.8 Å². The molecule has 0 fully saturated rings. The van der Waals surface area contributed by atoms with Gasteiger partial charge in [0, 0.05) is 31.7 Å². The van der Waals surface area contributed by atoms with Gasteiger partial charge in [0.25, 0.3) is 5.56 Å². The lowest BCUT2D eigenvalue weighted by molar-refractivity contribution is -0.137. The van der Waals surface area contributed by atoms with E-state index in [1.54, 1.807) is 23.1 Å². The lowest BCUT2D eigenvalue weighted by atomic mass is 10.2. The first-order valence-corrected chi connectivity index (χ1v) is 7.08. The third-order valence-corrected chi connectivity index (χ3v) is 3.15. The molecule has 0 spiro atoms. The van der Waals surface area contributed by atoms with Gasteiger partial charge in [-0.1, -0.05) is 6.92 Å². The average molecular weight is 343 g/mol. The van der Waals surface area contributed by atoms with Gasteiger partial charge in [0.2, 0.25) is 0 Å².